The second-order valence-electron chi connectivity index (χ2n) is 7.73. The number of aliphatic carboxylic acids is 1. The van der Waals surface area contributed by atoms with Gasteiger partial charge in [-0.3, -0.25) is 4.31 Å². The molecule has 0 rings (SSSR count). The zero-order valence-electron chi connectivity index (χ0n) is 19.3. The number of carbonyl (C=O) groups is 1. The van der Waals surface area contributed by atoms with Crippen LogP contribution in [0.15, 0.2) is 11.8 Å². The summed E-state index contributed by atoms with van der Waals surface area (Å²) in [7, 11) is -7.64. The number of hydrogen-bond donors (Lipinski definition) is 0. The van der Waals surface area contributed by atoms with Gasteiger partial charge < -0.3 is 9.90 Å². The summed E-state index contributed by atoms with van der Waals surface area (Å²) in [4.78, 5) is 10.9. The van der Waals surface area contributed by atoms with Gasteiger partial charge >= 0.3 is 57.0 Å². The van der Waals surface area contributed by atoms with E-state index in [4.69, 9.17) is 0 Å². The van der Waals surface area contributed by atoms with Gasteiger partial charge in [-0.05, 0) is 18.4 Å². The van der Waals surface area contributed by atoms with Gasteiger partial charge in [0, 0.05) is 12.7 Å². The summed E-state index contributed by atoms with van der Waals surface area (Å²) < 4.78 is 252. The maximum absolute atomic E-state index is 14.4. The highest BCUT2D eigenvalue weighted by Gasteiger charge is 2.96. The lowest BCUT2D eigenvalue weighted by atomic mass is 9.91. The summed E-state index contributed by atoms with van der Waals surface area (Å²) in [6.07, 6.45) is -10.2. The smallest absolute Gasteiger partial charge is 0.460 e. The molecule has 0 aromatic heterocycles. The summed E-state index contributed by atoms with van der Waals surface area (Å²) in [5.74, 6) is -54.7. The van der Waals surface area contributed by atoms with E-state index in [0.29, 0.717) is 0 Å². The van der Waals surface area contributed by atoms with Crippen molar-refractivity contribution in [2.75, 3.05) is 6.54 Å². The van der Waals surface area contributed by atoms with Gasteiger partial charge in [0.15, 0.2) is 0 Å². The van der Waals surface area contributed by atoms with Gasteiger partial charge in [0.1, 0.15) is 0 Å². The Balaban J connectivity index is 7.27. The van der Waals surface area contributed by atoms with E-state index in [1.54, 1.807) is 0 Å². The van der Waals surface area contributed by atoms with Gasteiger partial charge in [-0.1, -0.05) is 20.3 Å². The van der Waals surface area contributed by atoms with Crippen LogP contribution >= 0.6 is 0 Å². The Kier molecular flexibility index (Phi) is 10.3. The maximum atomic E-state index is 14.4. The molecule has 0 fully saturated rings. The van der Waals surface area contributed by atoms with Crippen LogP contribution in [0.4, 0.5) is 74.6 Å². The zero-order chi connectivity index (χ0) is 32.8. The van der Waals surface area contributed by atoms with Crippen LogP contribution in [-0.2, 0) is 14.8 Å². The van der Waals surface area contributed by atoms with Gasteiger partial charge in [0.2, 0.25) is 0 Å². The lowest BCUT2D eigenvalue weighted by Gasteiger charge is -2.43. The fraction of sp³-hybridized carbons (Fsp3) is 0.824. The van der Waals surface area contributed by atoms with Crippen molar-refractivity contribution in [1.82, 2.24) is 4.31 Å². The molecule has 5 nitrogen and oxygen atoms in total. The molecule has 0 aliphatic heterocycles. The molecule has 0 aromatic carbocycles. The molecule has 0 amide bonds. The molecule has 0 atom stereocenters. The minimum absolute atomic E-state index is 0.252. The number of rotatable bonds is 14. The summed E-state index contributed by atoms with van der Waals surface area (Å²) in [5.41, 5.74) is -1.34. The van der Waals surface area contributed by atoms with Crippen LogP contribution in [-0.4, -0.2) is 72.2 Å². The van der Waals surface area contributed by atoms with Crippen molar-refractivity contribution in [3.63, 3.8) is 0 Å². The van der Waals surface area contributed by atoms with Crippen LogP contribution in [0.3, 0.4) is 0 Å². The first-order valence-electron chi connectivity index (χ1n) is 9.97. The lowest BCUT2D eigenvalue weighted by Crippen LogP contribution is -2.75. The molecule has 0 spiro atoms. The number of unbranched alkanes of at least 4 members (excludes halogenated alkanes) is 1. The Morgan fingerprint density at radius 2 is 1.02 bits per heavy atom. The Bertz CT molecular complexity index is 1070. The van der Waals surface area contributed by atoms with Gasteiger partial charge in [-0.2, -0.15) is 83.1 Å². The third-order valence-corrected chi connectivity index (χ3v) is 6.81. The van der Waals surface area contributed by atoms with Gasteiger partial charge in [-0.25, -0.2) is 0 Å². The molecule has 0 aliphatic carbocycles. The van der Waals surface area contributed by atoms with Crippen molar-refractivity contribution in [3.05, 3.63) is 11.8 Å². The molecule has 40 heavy (non-hydrogen) atoms. The van der Waals surface area contributed by atoms with E-state index >= 15 is 0 Å². The Morgan fingerprint density at radius 1 is 0.675 bits per heavy atom. The van der Waals surface area contributed by atoms with E-state index in [-0.39, 0.29) is 6.42 Å². The van der Waals surface area contributed by atoms with Crippen LogP contribution in [0, 0.1) is 0 Å². The summed E-state index contributed by atoms with van der Waals surface area (Å²) >= 11 is 0. The second kappa shape index (κ2) is 10.9. The number of carbonyl (C=O) groups excluding carboxylic acids is 1. The highest BCUT2D eigenvalue weighted by Crippen LogP contribution is 2.64. The number of halogens is 17. The molecule has 0 saturated heterocycles. The molecule has 0 radical (unpaired) electrons. The first-order valence-corrected chi connectivity index (χ1v) is 11.4. The quantitative estimate of drug-likeness (QED) is 0.185. The van der Waals surface area contributed by atoms with Gasteiger partial charge in [0.25, 0.3) is 0 Å². The fourth-order valence-electron chi connectivity index (χ4n) is 2.49. The summed E-state index contributed by atoms with van der Waals surface area (Å²) in [6, 6.07) is 0. The van der Waals surface area contributed by atoms with Crippen molar-refractivity contribution in [3.8, 4) is 0 Å². The normalized spacial score (nSPS) is 15.8. The molecule has 238 valence electrons. The van der Waals surface area contributed by atoms with E-state index in [1.165, 1.54) is 0 Å². The van der Waals surface area contributed by atoms with E-state index in [9.17, 15) is 93.0 Å². The number of sulfonamides is 1. The third-order valence-electron chi connectivity index (χ3n) is 5.00. The predicted octanol–water partition coefficient (Wildman–Crippen LogP) is 5.43. The van der Waals surface area contributed by atoms with Crippen LogP contribution in [0.2, 0.25) is 0 Å². The van der Waals surface area contributed by atoms with Crippen LogP contribution < -0.4 is 5.11 Å². The number of carboxylic acid groups (broad SMARTS) is 1. The molecular formula is C17H15F17NO4S-. The number of hydrogen-bond acceptors (Lipinski definition) is 4. The molecular weight excluding hydrogens is 637 g/mol. The molecule has 0 heterocycles. The van der Waals surface area contributed by atoms with Gasteiger partial charge in [0.05, 0.1) is 5.97 Å². The average Bonchev–Trinajstić information content (AvgIpc) is 2.76. The van der Waals surface area contributed by atoms with Crippen molar-refractivity contribution >= 4 is 16.0 Å². The predicted molar refractivity (Wildman–Crippen MR) is 94.6 cm³/mol. The van der Waals surface area contributed by atoms with Crippen LogP contribution in [0.1, 0.15) is 33.1 Å². The second-order valence-corrected chi connectivity index (χ2v) is 9.66. The van der Waals surface area contributed by atoms with E-state index in [1.807, 2.05) is 0 Å². The monoisotopic (exact) mass is 652 g/mol. The number of nitrogens with zero attached hydrogens (tertiary/aromatic N) is 1. The van der Waals surface area contributed by atoms with E-state index in [2.05, 4.69) is 0 Å². The first-order chi connectivity index (χ1) is 17.3. The topological polar surface area (TPSA) is 77.5 Å². The molecule has 0 aliphatic rings. The van der Waals surface area contributed by atoms with Crippen LogP contribution in [0.5, 0.6) is 0 Å². The molecule has 0 N–H and O–H groups in total. The minimum atomic E-state index is -8.95. The lowest BCUT2D eigenvalue weighted by molar-refractivity contribution is -0.458. The molecule has 0 unspecified atom stereocenters. The van der Waals surface area contributed by atoms with Crippen molar-refractivity contribution in [2.24, 2.45) is 0 Å². The van der Waals surface area contributed by atoms with E-state index < -0.39 is 98.4 Å². The Hall–Kier alpha value is -2.23. The number of alkyl halides is 17. The molecule has 0 saturated carbocycles. The minimum Gasteiger partial charge on any atom is -0.545 e. The SMILES string of the molecule is CCCCN(C=C(CC)C(=O)[O-])S(=O)(=O)C(F)(F)C(F)(F)C(F)(F)C(F)(F)C(F)(F)C(F)(F)C(F)(F)C(F)(F)F. The fourth-order valence-corrected chi connectivity index (χ4v) is 3.87. The Labute approximate surface area is 212 Å². The largest absolute Gasteiger partial charge is 0.545 e. The molecule has 0 aromatic rings. The molecule has 23 heteroatoms. The van der Waals surface area contributed by atoms with Crippen molar-refractivity contribution in [2.45, 2.75) is 80.1 Å². The standard InChI is InChI=1S/C17H16F17NO4S/c1-3-5-6-35(7-8(4-2)9(36)37)40(38,39)17(33,34)15(28,29)13(24,25)11(20,21)10(18,19)12(22,23)14(26,27)16(30,31)32/h7H,3-6H2,1-2H3,(H,36,37)/p-1. The van der Waals surface area contributed by atoms with Crippen molar-refractivity contribution < 1.29 is 93.0 Å². The average molecular weight is 652 g/mol. The molecule has 0 bridgehead atoms. The third kappa shape index (κ3) is 5.37. The highest BCUT2D eigenvalue weighted by atomic mass is 32.2. The summed E-state index contributed by atoms with van der Waals surface area (Å²) in [6.45, 7) is 0.496. The van der Waals surface area contributed by atoms with Gasteiger partial charge in [-0.15, -0.1) is 0 Å². The Morgan fingerprint density at radius 3 is 1.32 bits per heavy atom. The zero-order valence-corrected chi connectivity index (χ0v) is 20.1. The first kappa shape index (κ1) is 37.8. The van der Waals surface area contributed by atoms with Crippen LogP contribution in [0.25, 0.3) is 0 Å². The van der Waals surface area contributed by atoms with E-state index in [0.717, 1.165) is 13.8 Å². The summed E-state index contributed by atoms with van der Waals surface area (Å²) in [5, 5.41) is 3.13. The van der Waals surface area contributed by atoms with Crippen molar-refractivity contribution in [1.29, 1.82) is 0 Å². The number of carboxylic acids is 1. The maximum Gasteiger partial charge on any atom is 0.460 e. The highest BCUT2D eigenvalue weighted by molar-refractivity contribution is 7.90.